The van der Waals surface area contributed by atoms with Crippen LogP contribution in [0.3, 0.4) is 0 Å². The van der Waals surface area contributed by atoms with Crippen LogP contribution in [-0.2, 0) is 4.79 Å². The number of hydrogen-bond acceptors (Lipinski definition) is 3. The minimum Gasteiger partial charge on any atom is -0.399 e. The summed E-state index contributed by atoms with van der Waals surface area (Å²) in [7, 11) is 1.69. The van der Waals surface area contributed by atoms with Gasteiger partial charge in [-0.2, -0.15) is 0 Å². The standard InChI is InChI=1S/C17H16FN3O/c1-10-17(22)21(2)15-8-7-11(19)9-13(15)16(20-10)12-5-3-4-6-14(12)18/h3-10H,19H2,1-2H3. The van der Waals surface area contributed by atoms with Gasteiger partial charge >= 0.3 is 0 Å². The number of benzene rings is 2. The molecule has 0 saturated heterocycles. The Morgan fingerprint density at radius 2 is 1.91 bits per heavy atom. The molecule has 0 spiro atoms. The van der Waals surface area contributed by atoms with Crippen LogP contribution in [0.15, 0.2) is 47.5 Å². The van der Waals surface area contributed by atoms with Gasteiger partial charge in [0.1, 0.15) is 11.9 Å². The van der Waals surface area contributed by atoms with Crippen molar-refractivity contribution in [2.75, 3.05) is 17.7 Å². The van der Waals surface area contributed by atoms with Crippen molar-refractivity contribution in [2.24, 2.45) is 4.99 Å². The summed E-state index contributed by atoms with van der Waals surface area (Å²) < 4.78 is 14.2. The molecule has 0 radical (unpaired) electrons. The SMILES string of the molecule is CC1N=C(c2ccccc2F)c2cc(N)ccc2N(C)C1=O. The first-order chi connectivity index (χ1) is 10.5. The minimum atomic E-state index is -0.590. The van der Waals surface area contributed by atoms with Crippen LogP contribution in [0.25, 0.3) is 0 Å². The van der Waals surface area contributed by atoms with E-state index in [1.165, 1.54) is 11.0 Å². The zero-order valence-corrected chi connectivity index (χ0v) is 12.4. The van der Waals surface area contributed by atoms with Crippen LogP contribution in [0.2, 0.25) is 0 Å². The molecule has 0 aliphatic carbocycles. The van der Waals surface area contributed by atoms with E-state index in [0.29, 0.717) is 28.2 Å². The molecule has 0 aromatic heterocycles. The molecule has 2 aromatic carbocycles. The molecule has 0 fully saturated rings. The lowest BCUT2D eigenvalue weighted by atomic mass is 9.99. The Kier molecular flexibility index (Phi) is 3.41. The summed E-state index contributed by atoms with van der Waals surface area (Å²) in [6, 6.07) is 11.0. The number of hydrogen-bond donors (Lipinski definition) is 1. The molecule has 1 aliphatic heterocycles. The van der Waals surface area contributed by atoms with Gasteiger partial charge in [-0.25, -0.2) is 4.39 Å². The highest BCUT2D eigenvalue weighted by Gasteiger charge is 2.28. The van der Waals surface area contributed by atoms with Gasteiger partial charge in [0.25, 0.3) is 5.91 Å². The van der Waals surface area contributed by atoms with E-state index in [0.717, 1.165) is 0 Å². The number of anilines is 2. The fourth-order valence-electron chi connectivity index (χ4n) is 2.62. The van der Waals surface area contributed by atoms with Crippen molar-refractivity contribution in [3.8, 4) is 0 Å². The van der Waals surface area contributed by atoms with Gasteiger partial charge in [-0.3, -0.25) is 9.79 Å². The number of benzodiazepines with no additional fused rings is 1. The van der Waals surface area contributed by atoms with Gasteiger partial charge in [-0.05, 0) is 37.3 Å². The van der Waals surface area contributed by atoms with Crippen molar-refractivity contribution in [2.45, 2.75) is 13.0 Å². The number of likely N-dealkylation sites (N-methyl/N-ethyl adjacent to an activating group) is 1. The van der Waals surface area contributed by atoms with E-state index in [2.05, 4.69) is 4.99 Å². The topological polar surface area (TPSA) is 58.7 Å². The summed E-state index contributed by atoms with van der Waals surface area (Å²) in [5, 5.41) is 0. The number of carbonyl (C=O) groups excluding carboxylic acids is 1. The second-order valence-corrected chi connectivity index (χ2v) is 5.31. The third-order valence-electron chi connectivity index (χ3n) is 3.78. The number of nitrogens with zero attached hydrogens (tertiary/aromatic N) is 2. The lowest BCUT2D eigenvalue weighted by Gasteiger charge is -2.19. The first-order valence-electron chi connectivity index (χ1n) is 6.99. The van der Waals surface area contributed by atoms with E-state index in [4.69, 9.17) is 5.73 Å². The number of aliphatic imine (C=N–C) groups is 1. The molecular weight excluding hydrogens is 281 g/mol. The Labute approximate surface area is 128 Å². The summed E-state index contributed by atoms with van der Waals surface area (Å²) in [5.74, 6) is -0.517. The molecule has 112 valence electrons. The van der Waals surface area contributed by atoms with Crippen molar-refractivity contribution in [3.05, 3.63) is 59.4 Å². The maximum absolute atomic E-state index is 14.2. The number of carbonyl (C=O) groups is 1. The van der Waals surface area contributed by atoms with Gasteiger partial charge in [0, 0.05) is 23.9 Å². The van der Waals surface area contributed by atoms with Crippen molar-refractivity contribution < 1.29 is 9.18 Å². The summed E-state index contributed by atoms with van der Waals surface area (Å²) in [6.45, 7) is 1.70. The molecule has 0 saturated carbocycles. The monoisotopic (exact) mass is 297 g/mol. The molecule has 1 aliphatic rings. The zero-order valence-electron chi connectivity index (χ0n) is 12.4. The van der Waals surface area contributed by atoms with Crippen LogP contribution in [0.4, 0.5) is 15.8 Å². The van der Waals surface area contributed by atoms with Gasteiger partial charge < -0.3 is 10.6 Å². The summed E-state index contributed by atoms with van der Waals surface area (Å²) >= 11 is 0. The maximum Gasteiger partial charge on any atom is 0.251 e. The van der Waals surface area contributed by atoms with Gasteiger partial charge in [0.2, 0.25) is 0 Å². The predicted octanol–water partition coefficient (Wildman–Crippen LogP) is 2.61. The number of amides is 1. The van der Waals surface area contributed by atoms with Crippen LogP contribution in [0.5, 0.6) is 0 Å². The van der Waals surface area contributed by atoms with Gasteiger partial charge in [-0.15, -0.1) is 0 Å². The zero-order chi connectivity index (χ0) is 15.9. The van der Waals surface area contributed by atoms with Crippen molar-refractivity contribution in [1.29, 1.82) is 0 Å². The Balaban J connectivity index is 2.31. The first-order valence-corrected chi connectivity index (χ1v) is 6.99. The van der Waals surface area contributed by atoms with Crippen LogP contribution in [-0.4, -0.2) is 24.7 Å². The second-order valence-electron chi connectivity index (χ2n) is 5.31. The molecule has 4 nitrogen and oxygen atoms in total. The Morgan fingerprint density at radius 3 is 2.64 bits per heavy atom. The molecule has 5 heteroatoms. The van der Waals surface area contributed by atoms with Gasteiger partial charge in [0.15, 0.2) is 0 Å². The highest BCUT2D eigenvalue weighted by Crippen LogP contribution is 2.30. The minimum absolute atomic E-state index is 0.141. The number of nitrogen functional groups attached to an aromatic ring is 1. The lowest BCUT2D eigenvalue weighted by Crippen LogP contribution is -2.32. The number of halogens is 1. The van der Waals surface area contributed by atoms with E-state index < -0.39 is 6.04 Å². The molecule has 1 amide bonds. The van der Waals surface area contributed by atoms with E-state index in [1.54, 1.807) is 50.4 Å². The fraction of sp³-hybridized carbons (Fsp3) is 0.176. The molecule has 2 N–H and O–H groups in total. The number of nitrogens with two attached hydrogens (primary N) is 1. The van der Waals surface area contributed by atoms with Crippen molar-refractivity contribution >= 4 is 23.0 Å². The van der Waals surface area contributed by atoms with Gasteiger partial charge in [0.05, 0.1) is 11.4 Å². The van der Waals surface area contributed by atoms with Crippen molar-refractivity contribution in [3.63, 3.8) is 0 Å². The van der Waals surface area contributed by atoms with E-state index >= 15 is 0 Å². The second kappa shape index (κ2) is 5.26. The molecule has 2 aromatic rings. The van der Waals surface area contributed by atoms with Gasteiger partial charge in [-0.1, -0.05) is 12.1 Å². The molecule has 3 rings (SSSR count). The predicted molar refractivity (Wildman–Crippen MR) is 85.8 cm³/mol. The normalized spacial score (nSPS) is 17.8. The molecule has 0 bridgehead atoms. The molecule has 1 atom stereocenters. The average Bonchev–Trinajstić information content (AvgIpc) is 2.59. The smallest absolute Gasteiger partial charge is 0.251 e. The van der Waals surface area contributed by atoms with Crippen LogP contribution in [0.1, 0.15) is 18.1 Å². The first kappa shape index (κ1) is 14.3. The molecular formula is C17H16FN3O. The molecule has 1 unspecified atom stereocenters. The van der Waals surface area contributed by atoms with Crippen LogP contribution < -0.4 is 10.6 Å². The highest BCUT2D eigenvalue weighted by atomic mass is 19.1. The Bertz CT molecular complexity index is 785. The fourth-order valence-corrected chi connectivity index (χ4v) is 2.62. The average molecular weight is 297 g/mol. The van der Waals surface area contributed by atoms with E-state index in [1.807, 2.05) is 0 Å². The number of rotatable bonds is 1. The van der Waals surface area contributed by atoms with E-state index in [9.17, 15) is 9.18 Å². The van der Waals surface area contributed by atoms with Crippen molar-refractivity contribution in [1.82, 2.24) is 0 Å². The highest BCUT2D eigenvalue weighted by molar-refractivity contribution is 6.20. The lowest BCUT2D eigenvalue weighted by molar-refractivity contribution is -0.119. The maximum atomic E-state index is 14.2. The quantitative estimate of drug-likeness (QED) is 0.823. The third-order valence-corrected chi connectivity index (χ3v) is 3.78. The summed E-state index contributed by atoms with van der Waals surface area (Å²) in [5.41, 5.74) is 8.56. The molecule has 22 heavy (non-hydrogen) atoms. The van der Waals surface area contributed by atoms with Crippen LogP contribution >= 0.6 is 0 Å². The summed E-state index contributed by atoms with van der Waals surface area (Å²) in [6.07, 6.45) is 0. The Hall–Kier alpha value is -2.69. The molecule has 1 heterocycles. The summed E-state index contributed by atoms with van der Waals surface area (Å²) in [4.78, 5) is 18.3. The third kappa shape index (κ3) is 2.24. The number of fused-ring (bicyclic) bond motifs is 1. The van der Waals surface area contributed by atoms with Crippen LogP contribution in [0, 0.1) is 5.82 Å². The van der Waals surface area contributed by atoms with E-state index in [-0.39, 0.29) is 11.7 Å². The largest absolute Gasteiger partial charge is 0.399 e. The Morgan fingerprint density at radius 1 is 1.18 bits per heavy atom.